The fourth-order valence-corrected chi connectivity index (χ4v) is 2.57. The molecule has 0 saturated carbocycles. The van der Waals surface area contributed by atoms with Crippen molar-refractivity contribution in [3.05, 3.63) is 53.6 Å². The van der Waals surface area contributed by atoms with E-state index in [2.05, 4.69) is 10.6 Å². The van der Waals surface area contributed by atoms with Crippen LogP contribution >= 0.6 is 0 Å². The molecule has 0 aliphatic heterocycles. The first-order valence-corrected chi connectivity index (χ1v) is 8.79. The van der Waals surface area contributed by atoms with Crippen LogP contribution in [-0.2, 0) is 14.3 Å². The highest BCUT2D eigenvalue weighted by Crippen LogP contribution is 2.21. The Morgan fingerprint density at radius 1 is 0.828 bits per heavy atom. The summed E-state index contributed by atoms with van der Waals surface area (Å²) < 4.78 is 10.3. The lowest BCUT2D eigenvalue weighted by atomic mass is 10.1. The molecule has 0 spiro atoms. The minimum atomic E-state index is -1.04. The van der Waals surface area contributed by atoms with Crippen LogP contribution in [0.1, 0.15) is 41.5 Å². The Morgan fingerprint density at radius 3 is 1.79 bits per heavy atom. The number of ketones is 1. The van der Waals surface area contributed by atoms with Crippen LogP contribution in [0.15, 0.2) is 42.5 Å². The first-order chi connectivity index (χ1) is 13.7. The van der Waals surface area contributed by atoms with E-state index >= 15 is 0 Å². The number of benzene rings is 2. The number of carbonyl (C=O) groups excluding carboxylic acids is 4. The highest BCUT2D eigenvalue weighted by Gasteiger charge is 2.21. The molecular weight excluding hydrogens is 376 g/mol. The molecule has 2 amide bonds. The number of rotatable bonds is 7. The van der Waals surface area contributed by atoms with Crippen LogP contribution in [0, 0.1) is 0 Å². The number of methoxy groups -OCH3 is 1. The fourth-order valence-electron chi connectivity index (χ4n) is 2.57. The van der Waals surface area contributed by atoms with Gasteiger partial charge in [0.25, 0.3) is 0 Å². The number of carbonyl (C=O) groups is 4. The average molecular weight is 398 g/mol. The minimum Gasteiger partial charge on any atom is -0.497 e. The van der Waals surface area contributed by atoms with E-state index in [-0.39, 0.29) is 23.2 Å². The second-order valence-electron chi connectivity index (χ2n) is 6.30. The lowest BCUT2D eigenvalue weighted by Gasteiger charge is -2.14. The Bertz CT molecular complexity index is 902. The van der Waals surface area contributed by atoms with Gasteiger partial charge in [-0.1, -0.05) is 0 Å². The third-order valence-corrected chi connectivity index (χ3v) is 3.84. The van der Waals surface area contributed by atoms with Crippen LogP contribution in [0.25, 0.3) is 0 Å². The lowest BCUT2D eigenvalue weighted by Crippen LogP contribution is -2.24. The summed E-state index contributed by atoms with van der Waals surface area (Å²) >= 11 is 0. The Kier molecular flexibility index (Phi) is 7.08. The standard InChI is InChI=1S/C21H22N2O6/c1-12(20(26)15-5-7-19(28-4)8-6-15)29-21(27)16-9-17(22-13(2)24)11-18(10-16)23-14(3)25/h5-12H,1-4H3,(H,22,24)(H,23,25). The van der Waals surface area contributed by atoms with E-state index in [1.807, 2.05) is 0 Å². The summed E-state index contributed by atoms with van der Waals surface area (Å²) in [5.74, 6) is -1.22. The molecule has 0 radical (unpaired) electrons. The summed E-state index contributed by atoms with van der Waals surface area (Å²) in [6.45, 7) is 4.11. The van der Waals surface area contributed by atoms with E-state index in [0.29, 0.717) is 22.7 Å². The van der Waals surface area contributed by atoms with Crippen molar-refractivity contribution in [2.24, 2.45) is 0 Å². The minimum absolute atomic E-state index is 0.0781. The van der Waals surface area contributed by atoms with E-state index < -0.39 is 12.1 Å². The SMILES string of the molecule is COc1ccc(C(=O)C(C)OC(=O)c2cc(NC(C)=O)cc(NC(C)=O)c2)cc1. The van der Waals surface area contributed by atoms with Crippen LogP contribution in [0.4, 0.5) is 11.4 Å². The quantitative estimate of drug-likeness (QED) is 0.548. The van der Waals surface area contributed by atoms with Gasteiger partial charge in [-0.15, -0.1) is 0 Å². The van der Waals surface area contributed by atoms with Crippen molar-refractivity contribution >= 4 is 34.9 Å². The first-order valence-electron chi connectivity index (χ1n) is 8.79. The number of anilines is 2. The van der Waals surface area contributed by atoms with Gasteiger partial charge in [-0.3, -0.25) is 14.4 Å². The third kappa shape index (κ3) is 6.17. The topological polar surface area (TPSA) is 111 Å². The van der Waals surface area contributed by atoms with Gasteiger partial charge in [-0.05, 0) is 49.4 Å². The van der Waals surface area contributed by atoms with Crippen molar-refractivity contribution in [2.75, 3.05) is 17.7 Å². The molecule has 152 valence electrons. The molecule has 29 heavy (non-hydrogen) atoms. The van der Waals surface area contributed by atoms with Crippen LogP contribution in [-0.4, -0.2) is 36.8 Å². The molecule has 0 aliphatic carbocycles. The summed E-state index contributed by atoms with van der Waals surface area (Å²) in [6.07, 6.45) is -1.04. The number of nitrogens with one attached hydrogen (secondary N) is 2. The maximum Gasteiger partial charge on any atom is 0.338 e. The molecule has 2 aromatic carbocycles. The Balaban J connectivity index is 2.19. The number of esters is 1. The van der Waals surface area contributed by atoms with Crippen molar-refractivity contribution < 1.29 is 28.7 Å². The molecule has 0 saturated heterocycles. The van der Waals surface area contributed by atoms with Crippen LogP contribution in [0.3, 0.4) is 0 Å². The zero-order valence-corrected chi connectivity index (χ0v) is 16.6. The molecule has 0 aliphatic rings. The zero-order chi connectivity index (χ0) is 21.6. The second-order valence-corrected chi connectivity index (χ2v) is 6.30. The Hall–Kier alpha value is -3.68. The van der Waals surface area contributed by atoms with Crippen LogP contribution in [0.2, 0.25) is 0 Å². The predicted molar refractivity (Wildman–Crippen MR) is 107 cm³/mol. The van der Waals surface area contributed by atoms with E-state index in [1.54, 1.807) is 24.3 Å². The van der Waals surface area contributed by atoms with Gasteiger partial charge < -0.3 is 20.1 Å². The number of hydrogen-bond acceptors (Lipinski definition) is 6. The second kappa shape index (κ2) is 9.50. The largest absolute Gasteiger partial charge is 0.497 e. The summed E-state index contributed by atoms with van der Waals surface area (Å²) in [5.41, 5.74) is 1.07. The van der Waals surface area contributed by atoms with Gasteiger partial charge in [0.1, 0.15) is 5.75 Å². The molecule has 8 nitrogen and oxygen atoms in total. The smallest absolute Gasteiger partial charge is 0.338 e. The van der Waals surface area contributed by atoms with Crippen molar-refractivity contribution in [1.82, 2.24) is 0 Å². The lowest BCUT2D eigenvalue weighted by molar-refractivity contribution is -0.115. The zero-order valence-electron chi connectivity index (χ0n) is 16.6. The summed E-state index contributed by atoms with van der Waals surface area (Å²) in [4.78, 5) is 47.7. The number of ether oxygens (including phenoxy) is 2. The molecule has 2 N–H and O–H groups in total. The fraction of sp³-hybridized carbons (Fsp3) is 0.238. The molecule has 0 aromatic heterocycles. The summed E-state index contributed by atoms with van der Waals surface area (Å²) in [7, 11) is 1.52. The average Bonchev–Trinajstić information content (AvgIpc) is 2.66. The van der Waals surface area contributed by atoms with Crippen molar-refractivity contribution in [2.45, 2.75) is 26.9 Å². The van der Waals surface area contributed by atoms with Gasteiger partial charge >= 0.3 is 5.97 Å². The number of hydrogen-bond donors (Lipinski definition) is 2. The predicted octanol–water partition coefficient (Wildman–Crippen LogP) is 3.04. The molecular formula is C21H22N2O6. The first kappa shape index (κ1) is 21.6. The maximum absolute atomic E-state index is 12.5. The van der Waals surface area contributed by atoms with E-state index in [1.165, 1.54) is 46.1 Å². The van der Waals surface area contributed by atoms with E-state index in [4.69, 9.17) is 9.47 Å². The molecule has 0 bridgehead atoms. The molecule has 1 atom stereocenters. The van der Waals surface area contributed by atoms with Crippen molar-refractivity contribution in [3.63, 3.8) is 0 Å². The van der Waals surface area contributed by atoms with E-state index in [9.17, 15) is 19.2 Å². The van der Waals surface area contributed by atoms with Crippen LogP contribution in [0.5, 0.6) is 5.75 Å². The van der Waals surface area contributed by atoms with Gasteiger partial charge in [-0.25, -0.2) is 4.79 Å². The third-order valence-electron chi connectivity index (χ3n) is 3.84. The molecule has 8 heteroatoms. The molecule has 0 heterocycles. The van der Waals surface area contributed by atoms with Gasteiger partial charge in [0.05, 0.1) is 12.7 Å². The van der Waals surface area contributed by atoms with E-state index in [0.717, 1.165) is 0 Å². The van der Waals surface area contributed by atoms with Crippen molar-refractivity contribution in [3.8, 4) is 5.75 Å². The molecule has 2 rings (SSSR count). The van der Waals surface area contributed by atoms with Gasteiger partial charge in [0.15, 0.2) is 6.10 Å². The van der Waals surface area contributed by atoms with Gasteiger partial charge in [0.2, 0.25) is 17.6 Å². The Morgan fingerprint density at radius 2 is 1.34 bits per heavy atom. The van der Waals surface area contributed by atoms with Gasteiger partial charge in [0, 0.05) is 30.8 Å². The normalized spacial score (nSPS) is 11.2. The highest BCUT2D eigenvalue weighted by molar-refractivity contribution is 6.02. The molecule has 2 aromatic rings. The van der Waals surface area contributed by atoms with Crippen molar-refractivity contribution in [1.29, 1.82) is 0 Å². The molecule has 0 fully saturated rings. The van der Waals surface area contributed by atoms with Gasteiger partial charge in [-0.2, -0.15) is 0 Å². The number of Topliss-reactive ketones (excluding diaryl/α,β-unsaturated/α-hetero) is 1. The summed E-state index contributed by atoms with van der Waals surface area (Å²) in [5, 5.41) is 5.10. The molecule has 1 unspecified atom stereocenters. The number of amides is 2. The summed E-state index contributed by atoms with van der Waals surface area (Å²) in [6, 6.07) is 10.7. The monoisotopic (exact) mass is 398 g/mol. The Labute approximate surface area is 168 Å². The highest BCUT2D eigenvalue weighted by atomic mass is 16.5. The van der Waals surface area contributed by atoms with Crippen LogP contribution < -0.4 is 15.4 Å². The maximum atomic E-state index is 12.5.